The average molecular weight is 265 g/mol. The van der Waals surface area contributed by atoms with Gasteiger partial charge in [-0.2, -0.15) is 0 Å². The zero-order chi connectivity index (χ0) is 13.9. The van der Waals surface area contributed by atoms with E-state index in [0.717, 1.165) is 44.6 Å². The Hall–Kier alpha value is -0.800. The van der Waals surface area contributed by atoms with Crippen molar-refractivity contribution in [1.29, 1.82) is 0 Å². The lowest BCUT2D eigenvalue weighted by atomic mass is 9.75. The molecular weight excluding hydrogens is 238 g/mol. The highest BCUT2D eigenvalue weighted by Crippen LogP contribution is 2.40. The zero-order valence-corrected chi connectivity index (χ0v) is 12.5. The van der Waals surface area contributed by atoms with E-state index in [9.17, 15) is 5.11 Å². The first-order valence-electron chi connectivity index (χ1n) is 7.47. The SMILES string of the molecule is CCCCOCCn1ccc2c1CC(C)(C)CC2O. The smallest absolute Gasteiger partial charge is 0.0812 e. The van der Waals surface area contributed by atoms with Crippen molar-refractivity contribution in [1.82, 2.24) is 4.57 Å². The number of rotatable bonds is 6. The molecule has 1 aromatic rings. The molecule has 1 heterocycles. The largest absolute Gasteiger partial charge is 0.388 e. The van der Waals surface area contributed by atoms with Crippen LogP contribution < -0.4 is 0 Å². The van der Waals surface area contributed by atoms with E-state index in [1.54, 1.807) is 0 Å². The summed E-state index contributed by atoms with van der Waals surface area (Å²) in [6.45, 7) is 9.14. The number of aliphatic hydroxyl groups excluding tert-OH is 1. The fourth-order valence-electron chi connectivity index (χ4n) is 2.91. The van der Waals surface area contributed by atoms with Crippen molar-refractivity contribution in [2.75, 3.05) is 13.2 Å². The van der Waals surface area contributed by atoms with E-state index in [4.69, 9.17) is 4.74 Å². The molecule has 0 bridgehead atoms. The molecule has 0 fully saturated rings. The highest BCUT2D eigenvalue weighted by atomic mass is 16.5. The maximum Gasteiger partial charge on any atom is 0.0812 e. The van der Waals surface area contributed by atoms with Gasteiger partial charge >= 0.3 is 0 Å². The molecule has 1 aromatic heterocycles. The van der Waals surface area contributed by atoms with Crippen molar-refractivity contribution in [2.45, 2.75) is 59.1 Å². The molecule has 108 valence electrons. The summed E-state index contributed by atoms with van der Waals surface area (Å²) in [6, 6.07) is 2.07. The Labute approximate surface area is 116 Å². The van der Waals surface area contributed by atoms with Gasteiger partial charge in [0.15, 0.2) is 0 Å². The predicted octanol–water partition coefficient (Wildman–Crippen LogP) is 3.31. The first kappa shape index (κ1) is 14.6. The maximum absolute atomic E-state index is 10.2. The van der Waals surface area contributed by atoms with Crippen molar-refractivity contribution < 1.29 is 9.84 Å². The Morgan fingerprint density at radius 3 is 2.95 bits per heavy atom. The van der Waals surface area contributed by atoms with E-state index in [1.807, 2.05) is 0 Å². The van der Waals surface area contributed by atoms with Crippen LogP contribution >= 0.6 is 0 Å². The van der Waals surface area contributed by atoms with Crippen LogP contribution in [-0.2, 0) is 17.7 Å². The number of hydrogen-bond acceptors (Lipinski definition) is 2. The van der Waals surface area contributed by atoms with Crippen LogP contribution in [0.3, 0.4) is 0 Å². The van der Waals surface area contributed by atoms with Crippen molar-refractivity contribution in [3.63, 3.8) is 0 Å². The Morgan fingerprint density at radius 2 is 2.21 bits per heavy atom. The molecule has 0 radical (unpaired) electrons. The van der Waals surface area contributed by atoms with Gasteiger partial charge in [-0.3, -0.25) is 0 Å². The number of hydrogen-bond donors (Lipinski definition) is 1. The topological polar surface area (TPSA) is 34.4 Å². The Kier molecular flexibility index (Phi) is 4.69. The van der Waals surface area contributed by atoms with Gasteiger partial charge in [0.25, 0.3) is 0 Å². The molecule has 0 saturated carbocycles. The molecule has 19 heavy (non-hydrogen) atoms. The molecule has 0 aliphatic heterocycles. The fourth-order valence-corrected chi connectivity index (χ4v) is 2.91. The molecule has 1 atom stereocenters. The lowest BCUT2D eigenvalue weighted by Gasteiger charge is -2.34. The normalized spacial score (nSPS) is 21.4. The van der Waals surface area contributed by atoms with Gasteiger partial charge in [-0.25, -0.2) is 0 Å². The van der Waals surface area contributed by atoms with E-state index in [0.29, 0.717) is 0 Å². The van der Waals surface area contributed by atoms with Crippen molar-refractivity contribution >= 4 is 0 Å². The number of nitrogens with zero attached hydrogens (tertiary/aromatic N) is 1. The van der Waals surface area contributed by atoms with Gasteiger partial charge in [-0.15, -0.1) is 0 Å². The van der Waals surface area contributed by atoms with E-state index in [1.165, 1.54) is 12.1 Å². The van der Waals surface area contributed by atoms with Gasteiger partial charge in [-0.1, -0.05) is 27.2 Å². The van der Waals surface area contributed by atoms with E-state index < -0.39 is 0 Å². The van der Waals surface area contributed by atoms with Crippen LogP contribution in [0.25, 0.3) is 0 Å². The van der Waals surface area contributed by atoms with E-state index in [2.05, 4.69) is 37.6 Å². The summed E-state index contributed by atoms with van der Waals surface area (Å²) < 4.78 is 7.89. The summed E-state index contributed by atoms with van der Waals surface area (Å²) in [6.07, 6.45) is 6.01. The van der Waals surface area contributed by atoms with Crippen LogP contribution in [0.15, 0.2) is 12.3 Å². The molecule has 1 N–H and O–H groups in total. The highest BCUT2D eigenvalue weighted by molar-refractivity contribution is 5.29. The van der Waals surface area contributed by atoms with Crippen molar-refractivity contribution in [3.05, 3.63) is 23.5 Å². The van der Waals surface area contributed by atoms with Gasteiger partial charge in [-0.05, 0) is 30.7 Å². The minimum Gasteiger partial charge on any atom is -0.388 e. The molecule has 0 aromatic carbocycles. The van der Waals surface area contributed by atoms with Gasteiger partial charge in [0.1, 0.15) is 0 Å². The maximum atomic E-state index is 10.2. The zero-order valence-electron chi connectivity index (χ0n) is 12.5. The number of fused-ring (bicyclic) bond motifs is 1. The lowest BCUT2D eigenvalue weighted by Crippen LogP contribution is -2.27. The second kappa shape index (κ2) is 6.10. The molecule has 0 saturated heterocycles. The molecular formula is C16H27NO2. The van der Waals surface area contributed by atoms with Gasteiger partial charge < -0.3 is 14.4 Å². The summed E-state index contributed by atoms with van der Waals surface area (Å²) in [5.74, 6) is 0. The van der Waals surface area contributed by atoms with Gasteiger partial charge in [0, 0.05) is 30.6 Å². The third kappa shape index (κ3) is 3.61. The van der Waals surface area contributed by atoms with Crippen LogP contribution in [0, 0.1) is 5.41 Å². The third-order valence-corrected chi connectivity index (χ3v) is 3.98. The van der Waals surface area contributed by atoms with Gasteiger partial charge in [0.2, 0.25) is 0 Å². The number of aliphatic hydroxyl groups is 1. The lowest BCUT2D eigenvalue weighted by molar-refractivity contribution is 0.0952. The molecule has 3 nitrogen and oxygen atoms in total. The summed E-state index contributed by atoms with van der Waals surface area (Å²) in [5, 5.41) is 10.2. The average Bonchev–Trinajstić information content (AvgIpc) is 2.71. The number of unbranched alkanes of at least 4 members (excludes halogenated alkanes) is 1. The summed E-state index contributed by atoms with van der Waals surface area (Å²) >= 11 is 0. The van der Waals surface area contributed by atoms with Crippen molar-refractivity contribution in [2.24, 2.45) is 5.41 Å². The minimum absolute atomic E-state index is 0.186. The second-order valence-corrected chi connectivity index (χ2v) is 6.44. The molecule has 0 amide bonds. The first-order valence-corrected chi connectivity index (χ1v) is 7.47. The minimum atomic E-state index is -0.305. The standard InChI is InChI=1S/C16H27NO2/c1-4-5-9-19-10-8-17-7-6-13-14(17)11-16(2,3)12-15(13)18/h6-7,15,18H,4-5,8-12H2,1-3H3. The van der Waals surface area contributed by atoms with Crippen LogP contribution in [0.1, 0.15) is 57.4 Å². The monoisotopic (exact) mass is 265 g/mol. The first-order chi connectivity index (χ1) is 9.03. The predicted molar refractivity (Wildman–Crippen MR) is 77.2 cm³/mol. The Morgan fingerprint density at radius 1 is 1.42 bits per heavy atom. The molecule has 1 aliphatic rings. The molecule has 1 aliphatic carbocycles. The van der Waals surface area contributed by atoms with Crippen LogP contribution in [-0.4, -0.2) is 22.9 Å². The van der Waals surface area contributed by atoms with Crippen LogP contribution in [0.4, 0.5) is 0 Å². The number of ether oxygens (including phenoxy) is 1. The molecule has 2 rings (SSSR count). The third-order valence-electron chi connectivity index (χ3n) is 3.98. The highest BCUT2D eigenvalue weighted by Gasteiger charge is 2.32. The van der Waals surface area contributed by atoms with E-state index in [-0.39, 0.29) is 11.5 Å². The fraction of sp³-hybridized carbons (Fsp3) is 0.750. The van der Waals surface area contributed by atoms with E-state index >= 15 is 0 Å². The van der Waals surface area contributed by atoms with Crippen LogP contribution in [0.2, 0.25) is 0 Å². The Balaban J connectivity index is 1.96. The second-order valence-electron chi connectivity index (χ2n) is 6.44. The van der Waals surface area contributed by atoms with Crippen molar-refractivity contribution in [3.8, 4) is 0 Å². The molecule has 0 spiro atoms. The van der Waals surface area contributed by atoms with Crippen LogP contribution in [0.5, 0.6) is 0 Å². The summed E-state index contributed by atoms with van der Waals surface area (Å²) in [7, 11) is 0. The van der Waals surface area contributed by atoms with Gasteiger partial charge in [0.05, 0.1) is 12.7 Å². The number of aromatic nitrogens is 1. The summed E-state index contributed by atoms with van der Waals surface area (Å²) in [5.41, 5.74) is 2.60. The quantitative estimate of drug-likeness (QED) is 0.801. The Bertz CT molecular complexity index is 409. The molecule has 3 heteroatoms. The molecule has 1 unspecified atom stereocenters. The summed E-state index contributed by atoms with van der Waals surface area (Å²) in [4.78, 5) is 0.